The van der Waals surface area contributed by atoms with Gasteiger partial charge in [0.2, 0.25) is 0 Å². The zero-order valence-electron chi connectivity index (χ0n) is 17.1. The van der Waals surface area contributed by atoms with E-state index in [9.17, 15) is 9.90 Å². The maximum absolute atomic E-state index is 13.2. The van der Waals surface area contributed by atoms with Gasteiger partial charge in [-0.25, -0.2) is 0 Å². The van der Waals surface area contributed by atoms with E-state index in [4.69, 9.17) is 4.74 Å². The summed E-state index contributed by atoms with van der Waals surface area (Å²) in [6, 6.07) is 13.7. The molecule has 1 saturated carbocycles. The molecule has 3 aromatic rings. The second-order valence-electron chi connectivity index (χ2n) is 8.56. The van der Waals surface area contributed by atoms with Gasteiger partial charge in [0.1, 0.15) is 12.4 Å². The number of benzene rings is 2. The number of ether oxygens (including phenoxy) is 1. The number of aliphatic hydroxyl groups excluding tert-OH is 1. The Bertz CT molecular complexity index is 1050. The number of nitrogens with one attached hydrogen (secondary N) is 1. The first kappa shape index (κ1) is 19.2. The molecule has 2 heterocycles. The molecule has 0 radical (unpaired) electrons. The van der Waals surface area contributed by atoms with Crippen molar-refractivity contribution in [2.24, 2.45) is 5.92 Å². The summed E-state index contributed by atoms with van der Waals surface area (Å²) >= 11 is 0. The fraction of sp³-hybridized carbons (Fsp3) is 0.400. The fourth-order valence-electron chi connectivity index (χ4n) is 4.86. The van der Waals surface area contributed by atoms with Crippen LogP contribution in [0.1, 0.15) is 59.7 Å². The lowest BCUT2D eigenvalue weighted by Gasteiger charge is -2.27. The summed E-state index contributed by atoms with van der Waals surface area (Å²) in [5.74, 6) is 1.14. The number of carbonyl (C=O) groups is 1. The molecule has 1 aliphatic heterocycles. The summed E-state index contributed by atoms with van der Waals surface area (Å²) < 4.78 is 5.92. The molecule has 5 rings (SSSR count). The van der Waals surface area contributed by atoms with Crippen LogP contribution in [-0.4, -0.2) is 34.0 Å². The Morgan fingerprint density at radius 2 is 1.97 bits per heavy atom. The molecule has 5 heteroatoms. The van der Waals surface area contributed by atoms with Crippen LogP contribution in [0.2, 0.25) is 0 Å². The average molecular weight is 405 g/mol. The summed E-state index contributed by atoms with van der Waals surface area (Å²) in [7, 11) is 0. The largest absolute Gasteiger partial charge is 0.491 e. The number of fused-ring (bicyclic) bond motifs is 2. The zero-order valence-corrected chi connectivity index (χ0v) is 17.1. The zero-order chi connectivity index (χ0) is 20.5. The Hall–Kier alpha value is -2.79. The van der Waals surface area contributed by atoms with E-state index in [0.29, 0.717) is 31.2 Å². The van der Waals surface area contributed by atoms with Gasteiger partial charge in [-0.15, -0.1) is 0 Å². The third-order valence-electron chi connectivity index (χ3n) is 6.59. The third kappa shape index (κ3) is 3.70. The van der Waals surface area contributed by atoms with Crippen molar-refractivity contribution < 1.29 is 14.6 Å². The molecule has 0 spiro atoms. The molecule has 1 fully saturated rings. The van der Waals surface area contributed by atoms with Gasteiger partial charge < -0.3 is 19.7 Å². The number of aromatic amines is 1. The second kappa shape index (κ2) is 8.15. The quantitative estimate of drug-likeness (QED) is 0.658. The van der Waals surface area contributed by atoms with Gasteiger partial charge in [0, 0.05) is 29.4 Å². The number of carbonyl (C=O) groups excluding carboxylic acids is 1. The van der Waals surface area contributed by atoms with Crippen LogP contribution in [0.5, 0.6) is 5.75 Å². The van der Waals surface area contributed by atoms with E-state index in [0.717, 1.165) is 40.6 Å². The molecule has 1 aliphatic carbocycles. The van der Waals surface area contributed by atoms with E-state index >= 15 is 0 Å². The molecule has 156 valence electrons. The first-order chi connectivity index (χ1) is 14.7. The third-order valence-corrected chi connectivity index (χ3v) is 6.59. The number of amides is 1. The van der Waals surface area contributed by atoms with Crippen molar-refractivity contribution >= 4 is 16.8 Å². The molecule has 30 heavy (non-hydrogen) atoms. The minimum absolute atomic E-state index is 0.00109. The van der Waals surface area contributed by atoms with Gasteiger partial charge in [-0.2, -0.15) is 0 Å². The molecule has 1 amide bonds. The fourth-order valence-corrected chi connectivity index (χ4v) is 4.86. The van der Waals surface area contributed by atoms with E-state index in [1.165, 1.54) is 19.3 Å². The van der Waals surface area contributed by atoms with Crippen molar-refractivity contribution in [3.05, 3.63) is 65.4 Å². The van der Waals surface area contributed by atoms with Crippen LogP contribution in [0.15, 0.2) is 48.7 Å². The molecule has 2 aliphatic rings. The first-order valence-electron chi connectivity index (χ1n) is 11.0. The topological polar surface area (TPSA) is 65.6 Å². The maximum Gasteiger partial charge on any atom is 0.254 e. The Morgan fingerprint density at radius 1 is 1.10 bits per heavy atom. The first-order valence-corrected chi connectivity index (χ1v) is 11.0. The van der Waals surface area contributed by atoms with E-state index < -0.39 is 6.10 Å². The summed E-state index contributed by atoms with van der Waals surface area (Å²) in [5.41, 5.74) is 3.54. The smallest absolute Gasteiger partial charge is 0.254 e. The van der Waals surface area contributed by atoms with Crippen molar-refractivity contribution in [2.75, 3.05) is 13.2 Å². The molecule has 1 unspecified atom stereocenters. The molecule has 5 nitrogen and oxygen atoms in total. The highest BCUT2D eigenvalue weighted by Crippen LogP contribution is 2.36. The predicted octanol–water partition coefficient (Wildman–Crippen LogP) is 4.82. The molecule has 1 aromatic heterocycles. The van der Waals surface area contributed by atoms with Crippen molar-refractivity contribution in [1.29, 1.82) is 0 Å². The molecular weight excluding hydrogens is 376 g/mol. The van der Waals surface area contributed by atoms with Crippen LogP contribution in [0.4, 0.5) is 0 Å². The van der Waals surface area contributed by atoms with Crippen LogP contribution >= 0.6 is 0 Å². The molecule has 1 atom stereocenters. The predicted molar refractivity (Wildman–Crippen MR) is 117 cm³/mol. The summed E-state index contributed by atoms with van der Waals surface area (Å²) in [6.45, 7) is 1.49. The van der Waals surface area contributed by atoms with E-state index in [2.05, 4.69) is 4.98 Å². The normalized spacial score (nSPS) is 18.5. The number of aromatic nitrogens is 1. The van der Waals surface area contributed by atoms with Gasteiger partial charge in [-0.1, -0.05) is 31.4 Å². The lowest BCUT2D eigenvalue weighted by Crippen LogP contribution is -2.32. The van der Waals surface area contributed by atoms with Gasteiger partial charge >= 0.3 is 0 Å². The number of aliphatic hydroxyl groups is 1. The molecule has 2 aromatic carbocycles. The highest BCUT2D eigenvalue weighted by Gasteiger charge is 2.26. The van der Waals surface area contributed by atoms with Gasteiger partial charge in [-0.3, -0.25) is 4.79 Å². The number of hydrogen-bond acceptors (Lipinski definition) is 3. The van der Waals surface area contributed by atoms with Crippen molar-refractivity contribution in [2.45, 2.75) is 44.8 Å². The lowest BCUT2D eigenvalue weighted by atomic mass is 9.82. The van der Waals surface area contributed by atoms with Crippen LogP contribution in [0.25, 0.3) is 10.9 Å². The Morgan fingerprint density at radius 3 is 2.83 bits per heavy atom. The summed E-state index contributed by atoms with van der Waals surface area (Å²) in [5, 5.41) is 12.0. The Kier molecular flexibility index (Phi) is 5.21. The van der Waals surface area contributed by atoms with Crippen LogP contribution in [-0.2, 0) is 6.54 Å². The van der Waals surface area contributed by atoms with Crippen LogP contribution < -0.4 is 4.74 Å². The SMILES string of the molecule is O=C(c1ccc2cc[nH]c2c1)N1CCOc2ccc(C(O)C3CCCCC3)cc2C1. The molecule has 0 saturated heterocycles. The molecule has 2 N–H and O–H groups in total. The number of rotatable bonds is 3. The van der Waals surface area contributed by atoms with Gasteiger partial charge in [0.15, 0.2) is 0 Å². The minimum atomic E-state index is -0.446. The number of H-pyrrole nitrogens is 1. The standard InChI is InChI=1S/C25H28N2O3/c28-24(18-4-2-1-3-5-18)19-8-9-23-21(14-19)16-27(12-13-30-23)25(29)20-7-6-17-10-11-26-22(17)15-20/h6-11,14-15,18,24,26,28H,1-5,12-13,16H2. The van der Waals surface area contributed by atoms with Gasteiger partial charge in [0.05, 0.1) is 12.6 Å². The highest BCUT2D eigenvalue weighted by atomic mass is 16.5. The van der Waals surface area contributed by atoms with E-state index in [1.54, 1.807) is 0 Å². The van der Waals surface area contributed by atoms with E-state index in [1.807, 2.05) is 53.6 Å². The second-order valence-corrected chi connectivity index (χ2v) is 8.56. The van der Waals surface area contributed by atoms with Crippen molar-refractivity contribution in [3.63, 3.8) is 0 Å². The maximum atomic E-state index is 13.2. The van der Waals surface area contributed by atoms with Gasteiger partial charge in [0.25, 0.3) is 5.91 Å². The van der Waals surface area contributed by atoms with Crippen molar-refractivity contribution in [3.8, 4) is 5.75 Å². The average Bonchev–Trinajstić information content (AvgIpc) is 3.16. The number of nitrogens with zero attached hydrogens (tertiary/aromatic N) is 1. The van der Waals surface area contributed by atoms with Gasteiger partial charge in [-0.05, 0) is 60.0 Å². The monoisotopic (exact) mass is 404 g/mol. The summed E-state index contributed by atoms with van der Waals surface area (Å²) in [4.78, 5) is 18.2. The van der Waals surface area contributed by atoms with Crippen LogP contribution in [0.3, 0.4) is 0 Å². The Balaban J connectivity index is 1.38. The summed E-state index contributed by atoms with van der Waals surface area (Å²) in [6.07, 6.45) is 7.27. The van der Waals surface area contributed by atoms with Crippen LogP contribution in [0, 0.1) is 5.92 Å². The van der Waals surface area contributed by atoms with E-state index in [-0.39, 0.29) is 5.91 Å². The molecular formula is C25H28N2O3. The number of hydrogen-bond donors (Lipinski definition) is 2. The Labute approximate surface area is 176 Å². The lowest BCUT2D eigenvalue weighted by molar-refractivity contribution is 0.0733. The molecule has 0 bridgehead atoms. The highest BCUT2D eigenvalue weighted by molar-refractivity contribution is 5.98. The van der Waals surface area contributed by atoms with Crippen molar-refractivity contribution in [1.82, 2.24) is 9.88 Å². The minimum Gasteiger partial charge on any atom is -0.491 e.